The number of morpholine rings is 1. The number of ether oxygens (including phenoxy) is 1. The van der Waals surface area contributed by atoms with E-state index >= 15 is 0 Å². The van der Waals surface area contributed by atoms with Crippen LogP contribution in [-0.2, 0) is 11.3 Å². The van der Waals surface area contributed by atoms with E-state index in [0.717, 1.165) is 26.2 Å². The van der Waals surface area contributed by atoms with Crippen molar-refractivity contribution >= 4 is 10.9 Å². The zero-order valence-electron chi connectivity index (χ0n) is 12.2. The SMILES string of the molecule is Cc1[nH]c2ccccc2c1CN1CCOC(C(C)N)C1. The number of nitrogens with one attached hydrogen (secondary N) is 1. The highest BCUT2D eigenvalue weighted by Gasteiger charge is 2.24. The van der Waals surface area contributed by atoms with Crippen LogP contribution < -0.4 is 5.73 Å². The molecule has 0 saturated carbocycles. The minimum Gasteiger partial charge on any atom is -0.374 e. The second-order valence-electron chi connectivity index (χ2n) is 5.78. The average Bonchev–Trinajstić information content (AvgIpc) is 2.76. The fraction of sp³-hybridized carbons (Fsp3) is 0.500. The molecule has 0 aliphatic carbocycles. The predicted molar refractivity (Wildman–Crippen MR) is 81.7 cm³/mol. The molecule has 0 spiro atoms. The van der Waals surface area contributed by atoms with E-state index < -0.39 is 0 Å². The molecule has 3 rings (SSSR count). The number of aryl methyl sites for hydroxylation is 1. The van der Waals surface area contributed by atoms with Crippen LogP contribution >= 0.6 is 0 Å². The van der Waals surface area contributed by atoms with Crippen LogP contribution in [0.1, 0.15) is 18.2 Å². The summed E-state index contributed by atoms with van der Waals surface area (Å²) in [6.45, 7) is 7.79. The summed E-state index contributed by atoms with van der Waals surface area (Å²) in [5.74, 6) is 0. The molecule has 4 heteroatoms. The van der Waals surface area contributed by atoms with Crippen molar-refractivity contribution in [3.63, 3.8) is 0 Å². The van der Waals surface area contributed by atoms with Crippen LogP contribution in [-0.4, -0.2) is 41.7 Å². The molecule has 0 amide bonds. The number of H-pyrrole nitrogens is 1. The van der Waals surface area contributed by atoms with Crippen LogP contribution in [0.4, 0.5) is 0 Å². The Hall–Kier alpha value is -1.36. The van der Waals surface area contributed by atoms with Gasteiger partial charge in [-0.2, -0.15) is 0 Å². The topological polar surface area (TPSA) is 54.3 Å². The molecule has 2 atom stereocenters. The molecule has 108 valence electrons. The van der Waals surface area contributed by atoms with Crippen LogP contribution in [0.3, 0.4) is 0 Å². The second-order valence-corrected chi connectivity index (χ2v) is 5.78. The predicted octanol–water partition coefficient (Wildman–Crippen LogP) is 2.02. The van der Waals surface area contributed by atoms with E-state index in [1.54, 1.807) is 0 Å². The molecule has 3 N–H and O–H groups in total. The van der Waals surface area contributed by atoms with Crippen LogP contribution in [0, 0.1) is 6.92 Å². The van der Waals surface area contributed by atoms with Gasteiger partial charge in [0.2, 0.25) is 0 Å². The number of nitrogens with zero attached hydrogens (tertiary/aromatic N) is 1. The maximum Gasteiger partial charge on any atom is 0.0850 e. The number of hydrogen-bond acceptors (Lipinski definition) is 3. The maximum absolute atomic E-state index is 5.97. The fourth-order valence-corrected chi connectivity index (χ4v) is 2.96. The highest BCUT2D eigenvalue weighted by Crippen LogP contribution is 2.24. The smallest absolute Gasteiger partial charge is 0.0850 e. The molecule has 20 heavy (non-hydrogen) atoms. The van der Waals surface area contributed by atoms with Gasteiger partial charge in [-0.25, -0.2) is 0 Å². The van der Waals surface area contributed by atoms with Crippen molar-refractivity contribution in [3.8, 4) is 0 Å². The van der Waals surface area contributed by atoms with Gasteiger partial charge in [0.1, 0.15) is 0 Å². The first kappa shape index (κ1) is 13.6. The van der Waals surface area contributed by atoms with Gasteiger partial charge < -0.3 is 15.5 Å². The van der Waals surface area contributed by atoms with E-state index in [4.69, 9.17) is 10.5 Å². The number of aromatic nitrogens is 1. The molecule has 1 aromatic carbocycles. The standard InChI is InChI=1S/C16H23N3O/c1-11(17)16-10-19(7-8-20-16)9-14-12(2)18-15-6-4-3-5-13(14)15/h3-6,11,16,18H,7-10,17H2,1-2H3. The Morgan fingerprint density at radius 3 is 3.05 bits per heavy atom. The van der Waals surface area contributed by atoms with E-state index in [1.807, 2.05) is 6.92 Å². The lowest BCUT2D eigenvalue weighted by atomic mass is 10.1. The van der Waals surface area contributed by atoms with E-state index in [2.05, 4.69) is 41.1 Å². The van der Waals surface area contributed by atoms with Gasteiger partial charge in [-0.1, -0.05) is 18.2 Å². The molecule has 1 aliphatic rings. The van der Waals surface area contributed by atoms with E-state index in [-0.39, 0.29) is 12.1 Å². The van der Waals surface area contributed by atoms with Crippen LogP contribution in [0.25, 0.3) is 10.9 Å². The molecule has 1 aromatic heterocycles. The Bertz CT molecular complexity index is 590. The highest BCUT2D eigenvalue weighted by atomic mass is 16.5. The third-order valence-corrected chi connectivity index (χ3v) is 4.17. The number of aromatic amines is 1. The zero-order chi connectivity index (χ0) is 14.1. The van der Waals surface area contributed by atoms with Crippen molar-refractivity contribution in [2.75, 3.05) is 19.7 Å². The molecule has 0 bridgehead atoms. The van der Waals surface area contributed by atoms with Crippen LogP contribution in [0.2, 0.25) is 0 Å². The van der Waals surface area contributed by atoms with Gasteiger partial charge in [0.15, 0.2) is 0 Å². The van der Waals surface area contributed by atoms with Crippen LogP contribution in [0.5, 0.6) is 0 Å². The molecule has 2 heterocycles. The molecule has 0 radical (unpaired) electrons. The normalized spacial score (nSPS) is 22.2. The molecule has 4 nitrogen and oxygen atoms in total. The summed E-state index contributed by atoms with van der Waals surface area (Å²) in [6.07, 6.45) is 0.147. The lowest BCUT2D eigenvalue weighted by Crippen LogP contribution is -2.49. The zero-order valence-corrected chi connectivity index (χ0v) is 12.2. The van der Waals surface area contributed by atoms with Crippen molar-refractivity contribution in [3.05, 3.63) is 35.5 Å². The van der Waals surface area contributed by atoms with E-state index in [0.29, 0.717) is 0 Å². The Kier molecular flexibility index (Phi) is 3.78. The van der Waals surface area contributed by atoms with Crippen molar-refractivity contribution < 1.29 is 4.74 Å². The third kappa shape index (κ3) is 2.59. The number of fused-ring (bicyclic) bond motifs is 1. The minimum atomic E-state index is 0.0851. The number of para-hydroxylation sites is 1. The quantitative estimate of drug-likeness (QED) is 0.899. The summed E-state index contributed by atoms with van der Waals surface area (Å²) in [6, 6.07) is 8.58. The average molecular weight is 273 g/mol. The maximum atomic E-state index is 5.97. The fourth-order valence-electron chi connectivity index (χ4n) is 2.96. The van der Waals surface area contributed by atoms with Crippen molar-refractivity contribution in [1.29, 1.82) is 0 Å². The molecule has 2 unspecified atom stereocenters. The number of benzene rings is 1. The molecular formula is C16H23N3O. The van der Waals surface area contributed by atoms with Gasteiger partial charge in [0.05, 0.1) is 12.7 Å². The molecule has 1 aliphatic heterocycles. The van der Waals surface area contributed by atoms with E-state index in [9.17, 15) is 0 Å². The third-order valence-electron chi connectivity index (χ3n) is 4.17. The second kappa shape index (κ2) is 5.56. The van der Waals surface area contributed by atoms with Gasteiger partial charge >= 0.3 is 0 Å². The number of rotatable bonds is 3. The van der Waals surface area contributed by atoms with Gasteiger partial charge in [-0.05, 0) is 25.5 Å². The highest BCUT2D eigenvalue weighted by molar-refractivity contribution is 5.84. The number of nitrogens with two attached hydrogens (primary N) is 1. The summed E-state index contributed by atoms with van der Waals surface area (Å²) in [5, 5.41) is 1.33. The summed E-state index contributed by atoms with van der Waals surface area (Å²) in [4.78, 5) is 5.91. The first-order valence-electron chi connectivity index (χ1n) is 7.31. The first-order valence-corrected chi connectivity index (χ1v) is 7.31. The summed E-state index contributed by atoms with van der Waals surface area (Å²) >= 11 is 0. The van der Waals surface area contributed by atoms with Gasteiger partial charge in [-0.15, -0.1) is 0 Å². The minimum absolute atomic E-state index is 0.0851. The molecule has 2 aromatic rings. The molecular weight excluding hydrogens is 250 g/mol. The Morgan fingerprint density at radius 1 is 1.45 bits per heavy atom. The monoisotopic (exact) mass is 273 g/mol. The Balaban J connectivity index is 1.81. The Labute approximate surface area is 119 Å². The van der Waals surface area contributed by atoms with Crippen molar-refractivity contribution in [2.24, 2.45) is 5.73 Å². The lowest BCUT2D eigenvalue weighted by Gasteiger charge is -2.34. The first-order chi connectivity index (χ1) is 9.65. The van der Waals surface area contributed by atoms with Gasteiger partial charge in [0.25, 0.3) is 0 Å². The summed E-state index contributed by atoms with van der Waals surface area (Å²) in [5.41, 5.74) is 9.84. The summed E-state index contributed by atoms with van der Waals surface area (Å²) in [7, 11) is 0. The van der Waals surface area contributed by atoms with E-state index in [1.165, 1.54) is 22.2 Å². The van der Waals surface area contributed by atoms with Crippen molar-refractivity contribution in [2.45, 2.75) is 32.5 Å². The largest absolute Gasteiger partial charge is 0.374 e. The lowest BCUT2D eigenvalue weighted by molar-refractivity contribution is -0.0402. The van der Waals surface area contributed by atoms with Crippen LogP contribution in [0.15, 0.2) is 24.3 Å². The van der Waals surface area contributed by atoms with Gasteiger partial charge in [0, 0.05) is 42.3 Å². The molecule has 1 fully saturated rings. The number of hydrogen-bond donors (Lipinski definition) is 2. The van der Waals surface area contributed by atoms with Crippen molar-refractivity contribution in [1.82, 2.24) is 9.88 Å². The summed E-state index contributed by atoms with van der Waals surface area (Å²) < 4.78 is 5.73. The molecule has 1 saturated heterocycles. The van der Waals surface area contributed by atoms with Gasteiger partial charge in [-0.3, -0.25) is 4.90 Å². The Morgan fingerprint density at radius 2 is 2.25 bits per heavy atom.